The number of ether oxygens (including phenoxy) is 1. The predicted octanol–water partition coefficient (Wildman–Crippen LogP) is 5.86. The van der Waals surface area contributed by atoms with Crippen LogP contribution in [0.1, 0.15) is 84.7 Å². The van der Waals surface area contributed by atoms with Crippen LogP contribution in [0.15, 0.2) is 36.4 Å². The summed E-state index contributed by atoms with van der Waals surface area (Å²) in [6.45, 7) is 2.48. The van der Waals surface area contributed by atoms with Crippen molar-refractivity contribution in [2.75, 3.05) is 27.2 Å². The molecule has 2 saturated heterocycles. The van der Waals surface area contributed by atoms with Crippen molar-refractivity contribution in [1.29, 1.82) is 0 Å². The minimum Gasteiger partial charge on any atom is -0.497 e. The number of methoxy groups -OCH3 is 1. The van der Waals surface area contributed by atoms with Gasteiger partial charge in [0.15, 0.2) is 0 Å². The summed E-state index contributed by atoms with van der Waals surface area (Å²) in [6, 6.07) is 12.6. The Morgan fingerprint density at radius 3 is 2.44 bits per heavy atom. The predicted molar refractivity (Wildman–Crippen MR) is 158 cm³/mol. The average molecular weight is 554 g/mol. The second kappa shape index (κ2) is 9.09. The van der Waals surface area contributed by atoms with Crippen LogP contribution in [0.25, 0.3) is 22.2 Å². The quantitative estimate of drug-likeness (QED) is 0.438. The van der Waals surface area contributed by atoms with Crippen LogP contribution < -0.4 is 4.74 Å². The van der Waals surface area contributed by atoms with Gasteiger partial charge < -0.3 is 24.2 Å². The molecule has 8 rings (SSSR count). The Morgan fingerprint density at radius 2 is 1.73 bits per heavy atom. The lowest BCUT2D eigenvalue weighted by atomic mass is 9.81. The molecule has 2 saturated carbocycles. The zero-order chi connectivity index (χ0) is 28.0. The highest BCUT2D eigenvalue weighted by Gasteiger charge is 2.65. The first kappa shape index (κ1) is 25.4. The molecule has 3 aliphatic heterocycles. The number of carboxylic acid groups (broad SMARTS) is 1. The number of aromatic nitrogens is 1. The first-order valence-corrected chi connectivity index (χ1v) is 15.5. The van der Waals surface area contributed by atoms with Gasteiger partial charge in [-0.2, -0.15) is 0 Å². The Kier molecular flexibility index (Phi) is 5.63. The van der Waals surface area contributed by atoms with E-state index in [0.29, 0.717) is 23.9 Å². The Hall–Kier alpha value is -3.32. The summed E-state index contributed by atoms with van der Waals surface area (Å²) in [6.07, 6.45) is 9.00. The van der Waals surface area contributed by atoms with Crippen molar-refractivity contribution in [2.45, 2.75) is 81.8 Å². The molecule has 0 spiro atoms. The van der Waals surface area contributed by atoms with E-state index in [2.05, 4.69) is 33.5 Å². The first-order valence-electron chi connectivity index (χ1n) is 15.5. The number of fused-ring (bicyclic) bond motifs is 9. The Morgan fingerprint density at radius 1 is 0.976 bits per heavy atom. The molecule has 2 aliphatic carbocycles. The van der Waals surface area contributed by atoms with Gasteiger partial charge in [-0.15, -0.1) is 0 Å². The monoisotopic (exact) mass is 553 g/mol. The third-order valence-electron chi connectivity index (χ3n) is 11.1. The maximum atomic E-state index is 14.8. The highest BCUT2D eigenvalue weighted by atomic mass is 16.5. The number of aromatic carboxylic acids is 1. The molecule has 3 aromatic rings. The van der Waals surface area contributed by atoms with E-state index in [1.54, 1.807) is 13.2 Å². The Labute approximate surface area is 241 Å². The fourth-order valence-corrected chi connectivity index (χ4v) is 9.12. The molecule has 7 nitrogen and oxygen atoms in total. The molecule has 214 valence electrons. The van der Waals surface area contributed by atoms with Gasteiger partial charge in [-0.1, -0.05) is 25.3 Å². The molecule has 2 aromatic carbocycles. The molecule has 4 fully saturated rings. The van der Waals surface area contributed by atoms with E-state index in [9.17, 15) is 14.7 Å². The van der Waals surface area contributed by atoms with Gasteiger partial charge in [0, 0.05) is 54.1 Å². The van der Waals surface area contributed by atoms with Gasteiger partial charge in [0.1, 0.15) is 5.75 Å². The number of carboxylic acids is 1. The first-order chi connectivity index (χ1) is 19.9. The van der Waals surface area contributed by atoms with Gasteiger partial charge in [0.05, 0.1) is 23.8 Å². The van der Waals surface area contributed by atoms with Crippen molar-refractivity contribution in [3.05, 3.63) is 53.1 Å². The van der Waals surface area contributed by atoms with Crippen LogP contribution >= 0.6 is 0 Å². The van der Waals surface area contributed by atoms with E-state index in [4.69, 9.17) is 4.74 Å². The third-order valence-corrected chi connectivity index (χ3v) is 11.1. The molecule has 4 atom stereocenters. The van der Waals surface area contributed by atoms with E-state index in [1.807, 2.05) is 18.2 Å². The standard InChI is InChI=1S/C34H39N3O4/c1-35-17-22-9-10-23(18-35)37(22)33(40)34-16-28(34)27-15-24(41-2)11-13-25(27)31-30(20-6-4-3-5-7-20)26-12-8-21(32(38)39)14-29(26)36(31)19-34/h8,11-15,20,22-23,28H,3-7,9-10,16-19H2,1-2H3,(H,38,39)/t22?,23?,28-,34-/m0/s1. The number of hydrogen-bond acceptors (Lipinski definition) is 4. The number of amides is 1. The van der Waals surface area contributed by atoms with Crippen LogP contribution in [0.4, 0.5) is 0 Å². The number of piperazine rings is 1. The van der Waals surface area contributed by atoms with Gasteiger partial charge >= 0.3 is 5.97 Å². The minimum absolute atomic E-state index is 0.135. The van der Waals surface area contributed by atoms with Gasteiger partial charge in [-0.05, 0) is 86.5 Å². The molecule has 41 heavy (non-hydrogen) atoms. The molecule has 1 aromatic heterocycles. The molecular formula is C34H39N3O4. The van der Waals surface area contributed by atoms with Gasteiger partial charge in [0.25, 0.3) is 0 Å². The zero-order valence-electron chi connectivity index (χ0n) is 24.1. The summed E-state index contributed by atoms with van der Waals surface area (Å²) in [5.41, 5.74) is 5.71. The normalized spacial score (nSPS) is 29.0. The van der Waals surface area contributed by atoms with Gasteiger partial charge in [-0.3, -0.25) is 4.79 Å². The van der Waals surface area contributed by atoms with E-state index in [0.717, 1.165) is 61.8 Å². The van der Waals surface area contributed by atoms with Crippen molar-refractivity contribution in [1.82, 2.24) is 14.4 Å². The maximum absolute atomic E-state index is 14.8. The van der Waals surface area contributed by atoms with E-state index >= 15 is 0 Å². The second-order valence-electron chi connectivity index (χ2n) is 13.4. The van der Waals surface area contributed by atoms with Crippen molar-refractivity contribution in [2.24, 2.45) is 5.41 Å². The number of carbonyl (C=O) groups excluding carboxylic acids is 1. The molecule has 4 heterocycles. The number of likely N-dealkylation sites (N-methyl/N-ethyl adjacent to an activating group) is 1. The fourth-order valence-electron chi connectivity index (χ4n) is 9.12. The number of hydrogen-bond donors (Lipinski definition) is 1. The summed E-state index contributed by atoms with van der Waals surface area (Å²) in [7, 11) is 3.88. The van der Waals surface area contributed by atoms with Crippen LogP contribution in [0.5, 0.6) is 5.75 Å². The molecule has 1 amide bonds. The number of carbonyl (C=O) groups is 2. The molecule has 2 bridgehead atoms. The smallest absolute Gasteiger partial charge is 0.335 e. The van der Waals surface area contributed by atoms with E-state index < -0.39 is 11.4 Å². The topological polar surface area (TPSA) is 75.0 Å². The summed E-state index contributed by atoms with van der Waals surface area (Å²) < 4.78 is 8.08. The summed E-state index contributed by atoms with van der Waals surface area (Å²) in [5.74, 6) is 0.789. The summed E-state index contributed by atoms with van der Waals surface area (Å²) >= 11 is 0. The van der Waals surface area contributed by atoms with E-state index in [-0.39, 0.29) is 18.0 Å². The number of rotatable bonds is 4. The van der Waals surface area contributed by atoms with E-state index in [1.165, 1.54) is 41.6 Å². The number of likely N-dealkylation sites (tertiary alicyclic amines) is 1. The van der Waals surface area contributed by atoms with Crippen LogP contribution in [0, 0.1) is 5.41 Å². The molecule has 7 heteroatoms. The lowest BCUT2D eigenvalue weighted by Crippen LogP contribution is -2.57. The Bertz CT molecular complexity index is 1570. The van der Waals surface area contributed by atoms with Gasteiger partial charge in [-0.25, -0.2) is 4.79 Å². The van der Waals surface area contributed by atoms with Crippen molar-refractivity contribution >= 4 is 22.8 Å². The van der Waals surface area contributed by atoms with Crippen LogP contribution in [0.2, 0.25) is 0 Å². The van der Waals surface area contributed by atoms with Crippen LogP contribution in [-0.4, -0.2) is 70.7 Å². The van der Waals surface area contributed by atoms with Gasteiger partial charge in [0.2, 0.25) is 5.91 Å². The van der Waals surface area contributed by atoms with Crippen LogP contribution in [-0.2, 0) is 11.3 Å². The molecule has 5 aliphatic rings. The molecule has 0 radical (unpaired) electrons. The highest BCUT2D eigenvalue weighted by Crippen LogP contribution is 2.66. The highest BCUT2D eigenvalue weighted by molar-refractivity contribution is 6.00. The van der Waals surface area contributed by atoms with Crippen molar-refractivity contribution in [3.8, 4) is 17.0 Å². The lowest BCUT2D eigenvalue weighted by Gasteiger charge is -2.41. The largest absolute Gasteiger partial charge is 0.497 e. The average Bonchev–Trinajstić information content (AvgIpc) is 3.57. The lowest BCUT2D eigenvalue weighted by molar-refractivity contribution is -0.143. The number of benzene rings is 2. The Balaban J connectivity index is 1.35. The van der Waals surface area contributed by atoms with Crippen molar-refractivity contribution in [3.63, 3.8) is 0 Å². The summed E-state index contributed by atoms with van der Waals surface area (Å²) in [4.78, 5) is 31.6. The van der Waals surface area contributed by atoms with Crippen LogP contribution in [0.3, 0.4) is 0 Å². The molecule has 1 N–H and O–H groups in total. The number of nitrogens with zero attached hydrogens (tertiary/aromatic N) is 3. The molecular weight excluding hydrogens is 514 g/mol. The minimum atomic E-state index is -0.912. The zero-order valence-corrected chi connectivity index (χ0v) is 24.1. The fraction of sp³-hybridized carbons (Fsp3) is 0.529. The third kappa shape index (κ3) is 3.67. The van der Waals surface area contributed by atoms with Crippen molar-refractivity contribution < 1.29 is 19.4 Å². The second-order valence-corrected chi connectivity index (χ2v) is 13.4. The SMILES string of the molecule is COc1ccc2c(c1)[C@@H]1C[C@]1(C(=O)N1C3CCC1CN(C)C3)Cn1c-2c(C2CCCCC2)c2ccc(C(=O)O)cc21. The molecule has 2 unspecified atom stereocenters. The summed E-state index contributed by atoms with van der Waals surface area (Å²) in [5, 5.41) is 11.1. The maximum Gasteiger partial charge on any atom is 0.335 e.